The van der Waals surface area contributed by atoms with Gasteiger partial charge in [0.1, 0.15) is 18.2 Å². The first-order valence-corrected chi connectivity index (χ1v) is 7.16. The Morgan fingerprint density at radius 3 is 2.62 bits per heavy atom. The molecule has 0 aliphatic heterocycles. The van der Waals surface area contributed by atoms with Crippen molar-refractivity contribution < 1.29 is 9.13 Å². The summed E-state index contributed by atoms with van der Waals surface area (Å²) in [5, 5.41) is 3.23. The Labute approximate surface area is 125 Å². The Bertz CT molecular complexity index is 557. The molecule has 3 nitrogen and oxygen atoms in total. The molecule has 2 aromatic rings. The number of nitrogens with one attached hydrogen (secondary N) is 1. The molecule has 1 heterocycles. The van der Waals surface area contributed by atoms with Crippen LogP contribution in [0.2, 0.25) is 0 Å². The van der Waals surface area contributed by atoms with Crippen LogP contribution in [0, 0.1) is 5.82 Å². The average molecular weight is 288 g/mol. The molecule has 0 spiro atoms. The summed E-state index contributed by atoms with van der Waals surface area (Å²) in [5.41, 5.74) is 2.01. The van der Waals surface area contributed by atoms with Gasteiger partial charge in [-0.2, -0.15) is 0 Å². The van der Waals surface area contributed by atoms with Crippen LogP contribution in [0.15, 0.2) is 42.7 Å². The number of halogens is 1. The van der Waals surface area contributed by atoms with Gasteiger partial charge in [-0.3, -0.25) is 4.98 Å². The lowest BCUT2D eigenvalue weighted by molar-refractivity contribution is 0.305. The summed E-state index contributed by atoms with van der Waals surface area (Å²) < 4.78 is 18.6. The summed E-state index contributed by atoms with van der Waals surface area (Å²) in [4.78, 5) is 3.80. The number of ether oxygens (including phenoxy) is 1. The molecule has 0 radical (unpaired) electrons. The maximum atomic E-state index is 13.0. The number of hydrogen-bond acceptors (Lipinski definition) is 3. The van der Waals surface area contributed by atoms with Gasteiger partial charge in [-0.05, 0) is 50.6 Å². The molecule has 1 N–H and O–H groups in total. The van der Waals surface area contributed by atoms with Crippen LogP contribution in [0.25, 0.3) is 0 Å². The Morgan fingerprint density at radius 2 is 1.95 bits per heavy atom. The topological polar surface area (TPSA) is 34.1 Å². The normalized spacial score (nSPS) is 12.1. The van der Waals surface area contributed by atoms with E-state index in [1.165, 1.54) is 17.8 Å². The Hall–Kier alpha value is -1.94. The fraction of sp³-hybridized carbons (Fsp3) is 0.353. The molecule has 0 amide bonds. The third-order valence-corrected chi connectivity index (χ3v) is 3.45. The highest BCUT2D eigenvalue weighted by molar-refractivity contribution is 5.27. The quantitative estimate of drug-likeness (QED) is 0.848. The molecule has 1 aromatic heterocycles. The Kier molecular flexibility index (Phi) is 5.69. The van der Waals surface area contributed by atoms with Crippen LogP contribution in [0.5, 0.6) is 5.75 Å². The second-order valence-electron chi connectivity index (χ2n) is 5.17. The molecular weight excluding hydrogens is 267 g/mol. The third kappa shape index (κ3) is 5.16. The summed E-state index contributed by atoms with van der Waals surface area (Å²) in [6.07, 6.45) is 4.93. The first-order valence-electron chi connectivity index (χ1n) is 7.16. The zero-order valence-electron chi connectivity index (χ0n) is 12.5. The van der Waals surface area contributed by atoms with Gasteiger partial charge in [-0.1, -0.05) is 12.1 Å². The molecule has 0 saturated carbocycles. The van der Waals surface area contributed by atoms with Gasteiger partial charge in [0.25, 0.3) is 0 Å². The first kappa shape index (κ1) is 15.4. The SMILES string of the molecule is CNC(C)CCc1ccc(OCc2cncc(F)c2)cc1. The maximum absolute atomic E-state index is 13.0. The molecule has 112 valence electrons. The Morgan fingerprint density at radius 1 is 1.19 bits per heavy atom. The van der Waals surface area contributed by atoms with Crippen molar-refractivity contribution in [3.63, 3.8) is 0 Å². The van der Waals surface area contributed by atoms with E-state index < -0.39 is 0 Å². The Balaban J connectivity index is 1.85. The van der Waals surface area contributed by atoms with Crippen molar-refractivity contribution in [3.8, 4) is 5.75 Å². The van der Waals surface area contributed by atoms with Gasteiger partial charge in [-0.25, -0.2) is 4.39 Å². The highest BCUT2D eigenvalue weighted by Gasteiger charge is 2.01. The number of pyridine rings is 1. The molecule has 0 aliphatic rings. The van der Waals surface area contributed by atoms with Gasteiger partial charge in [0.2, 0.25) is 0 Å². The monoisotopic (exact) mass is 288 g/mol. The van der Waals surface area contributed by atoms with E-state index in [1.54, 1.807) is 6.20 Å². The van der Waals surface area contributed by atoms with E-state index in [1.807, 2.05) is 19.2 Å². The number of aromatic nitrogens is 1. The lowest BCUT2D eigenvalue weighted by atomic mass is 10.1. The predicted molar refractivity (Wildman–Crippen MR) is 81.8 cm³/mol. The van der Waals surface area contributed by atoms with Crippen LogP contribution in [0.3, 0.4) is 0 Å². The summed E-state index contributed by atoms with van der Waals surface area (Å²) in [5.74, 6) is 0.440. The minimum absolute atomic E-state index is 0.320. The van der Waals surface area contributed by atoms with Crippen molar-refractivity contribution in [2.75, 3.05) is 7.05 Å². The molecule has 1 unspecified atom stereocenters. The van der Waals surface area contributed by atoms with Crippen LogP contribution in [0.4, 0.5) is 4.39 Å². The molecule has 1 aromatic carbocycles. The number of rotatable bonds is 7. The van der Waals surface area contributed by atoms with E-state index >= 15 is 0 Å². The van der Waals surface area contributed by atoms with Crippen LogP contribution >= 0.6 is 0 Å². The summed E-state index contributed by atoms with van der Waals surface area (Å²) in [7, 11) is 1.98. The van der Waals surface area contributed by atoms with E-state index in [0.717, 1.165) is 24.2 Å². The molecule has 0 fully saturated rings. The van der Waals surface area contributed by atoms with Gasteiger partial charge in [-0.15, -0.1) is 0 Å². The van der Waals surface area contributed by atoms with Crippen molar-refractivity contribution in [2.45, 2.75) is 32.4 Å². The molecule has 2 rings (SSSR count). The van der Waals surface area contributed by atoms with Gasteiger partial charge < -0.3 is 10.1 Å². The van der Waals surface area contributed by atoms with Crippen LogP contribution < -0.4 is 10.1 Å². The lowest BCUT2D eigenvalue weighted by Gasteiger charge is -2.10. The minimum Gasteiger partial charge on any atom is -0.489 e. The number of benzene rings is 1. The highest BCUT2D eigenvalue weighted by Crippen LogP contribution is 2.15. The molecule has 0 saturated heterocycles. The fourth-order valence-electron chi connectivity index (χ4n) is 1.98. The standard InChI is InChI=1S/C17H21FN2O/c1-13(19-2)3-4-14-5-7-17(8-6-14)21-12-15-9-16(18)11-20-10-15/h5-11,13,19H,3-4,12H2,1-2H3. The first-order chi connectivity index (χ1) is 10.2. The largest absolute Gasteiger partial charge is 0.489 e. The second kappa shape index (κ2) is 7.74. The zero-order chi connectivity index (χ0) is 15.1. The van der Waals surface area contributed by atoms with Crippen LogP contribution in [-0.4, -0.2) is 18.1 Å². The van der Waals surface area contributed by atoms with Gasteiger partial charge in [0, 0.05) is 17.8 Å². The van der Waals surface area contributed by atoms with Crippen molar-refractivity contribution >= 4 is 0 Å². The lowest BCUT2D eigenvalue weighted by Crippen LogP contribution is -2.21. The summed E-state index contributed by atoms with van der Waals surface area (Å²) in [6.45, 7) is 2.49. The molecule has 4 heteroatoms. The van der Waals surface area contributed by atoms with E-state index in [0.29, 0.717) is 12.6 Å². The molecular formula is C17H21FN2O. The van der Waals surface area contributed by atoms with Crippen molar-refractivity contribution in [1.29, 1.82) is 0 Å². The van der Waals surface area contributed by atoms with Gasteiger partial charge in [0.15, 0.2) is 0 Å². The molecule has 21 heavy (non-hydrogen) atoms. The number of aryl methyl sites for hydroxylation is 1. The third-order valence-electron chi connectivity index (χ3n) is 3.45. The highest BCUT2D eigenvalue weighted by atomic mass is 19.1. The summed E-state index contributed by atoms with van der Waals surface area (Å²) in [6, 6.07) is 9.99. The summed E-state index contributed by atoms with van der Waals surface area (Å²) >= 11 is 0. The van der Waals surface area contributed by atoms with E-state index in [-0.39, 0.29) is 5.82 Å². The van der Waals surface area contributed by atoms with Crippen molar-refractivity contribution in [2.24, 2.45) is 0 Å². The van der Waals surface area contributed by atoms with Crippen LogP contribution in [-0.2, 0) is 13.0 Å². The van der Waals surface area contributed by atoms with E-state index in [4.69, 9.17) is 4.74 Å². The molecule has 0 bridgehead atoms. The zero-order valence-corrected chi connectivity index (χ0v) is 12.5. The number of nitrogens with zero attached hydrogens (tertiary/aromatic N) is 1. The maximum Gasteiger partial charge on any atom is 0.141 e. The van der Waals surface area contributed by atoms with Crippen molar-refractivity contribution in [1.82, 2.24) is 10.3 Å². The second-order valence-corrected chi connectivity index (χ2v) is 5.17. The van der Waals surface area contributed by atoms with E-state index in [9.17, 15) is 4.39 Å². The fourth-order valence-corrected chi connectivity index (χ4v) is 1.98. The van der Waals surface area contributed by atoms with Gasteiger partial charge >= 0.3 is 0 Å². The van der Waals surface area contributed by atoms with Crippen LogP contribution in [0.1, 0.15) is 24.5 Å². The smallest absolute Gasteiger partial charge is 0.141 e. The predicted octanol–water partition coefficient (Wildman–Crippen LogP) is 3.34. The van der Waals surface area contributed by atoms with Gasteiger partial charge in [0.05, 0.1) is 6.20 Å². The van der Waals surface area contributed by atoms with E-state index in [2.05, 4.69) is 29.4 Å². The molecule has 1 atom stereocenters. The molecule has 0 aliphatic carbocycles. The average Bonchev–Trinajstić information content (AvgIpc) is 2.51. The minimum atomic E-state index is -0.342. The number of hydrogen-bond donors (Lipinski definition) is 1. The van der Waals surface area contributed by atoms with Crippen molar-refractivity contribution in [3.05, 3.63) is 59.7 Å².